The molecule has 3 rings (SSSR count). The van der Waals surface area contributed by atoms with Gasteiger partial charge in [-0.15, -0.1) is 0 Å². The molecule has 0 aromatic heterocycles. The van der Waals surface area contributed by atoms with Gasteiger partial charge < -0.3 is 20.8 Å². The monoisotopic (exact) mass is 292 g/mol. The van der Waals surface area contributed by atoms with Crippen molar-refractivity contribution in [3.05, 3.63) is 29.8 Å². The smallest absolute Gasteiger partial charge is 0.326 e. The Labute approximate surface area is 123 Å². The number of anilines is 1. The molecule has 0 radical (unpaired) electrons. The number of fused-ring (bicyclic) bond motifs is 1. The molecule has 1 unspecified atom stereocenters. The van der Waals surface area contributed by atoms with E-state index < -0.39 is 18.0 Å². The summed E-state index contributed by atoms with van der Waals surface area (Å²) in [5.74, 6) is -1.52. The Morgan fingerprint density at radius 3 is 2.24 bits per heavy atom. The van der Waals surface area contributed by atoms with Crippen LogP contribution in [0.25, 0.3) is 0 Å². The minimum Gasteiger partial charge on any atom is -0.481 e. The molecule has 2 aliphatic rings. The van der Waals surface area contributed by atoms with Gasteiger partial charge in [-0.2, -0.15) is 0 Å². The molecule has 1 aromatic carbocycles. The van der Waals surface area contributed by atoms with Gasteiger partial charge in [-0.1, -0.05) is 18.2 Å². The number of carbonyl (C=O) groups is 2. The van der Waals surface area contributed by atoms with Crippen LogP contribution in [0.3, 0.4) is 0 Å². The first kappa shape index (κ1) is 15.3. The van der Waals surface area contributed by atoms with E-state index in [1.54, 1.807) is 0 Å². The first-order chi connectivity index (χ1) is 10.1. The minimum atomic E-state index is -0.786. The van der Waals surface area contributed by atoms with Crippen LogP contribution in [0, 0.1) is 5.92 Å². The van der Waals surface area contributed by atoms with E-state index in [0.717, 1.165) is 37.2 Å². The molecule has 6 nitrogen and oxygen atoms in total. The van der Waals surface area contributed by atoms with Gasteiger partial charge in [-0.25, -0.2) is 4.79 Å². The largest absolute Gasteiger partial charge is 0.481 e. The van der Waals surface area contributed by atoms with Crippen LogP contribution < -0.4 is 10.6 Å². The highest BCUT2D eigenvalue weighted by molar-refractivity contribution is 5.81. The van der Waals surface area contributed by atoms with Crippen LogP contribution in [0.2, 0.25) is 0 Å². The molecule has 21 heavy (non-hydrogen) atoms. The van der Waals surface area contributed by atoms with Gasteiger partial charge in [0.25, 0.3) is 0 Å². The van der Waals surface area contributed by atoms with E-state index in [1.807, 2.05) is 24.3 Å². The lowest BCUT2D eigenvalue weighted by atomic mass is 9.99. The third kappa shape index (κ3) is 4.19. The second-order valence-corrected chi connectivity index (χ2v) is 5.26. The second kappa shape index (κ2) is 7.08. The molecular weight excluding hydrogens is 272 g/mol. The Morgan fingerprint density at radius 2 is 1.71 bits per heavy atom. The predicted molar refractivity (Wildman–Crippen MR) is 78.4 cm³/mol. The van der Waals surface area contributed by atoms with Crippen molar-refractivity contribution in [1.82, 2.24) is 5.32 Å². The zero-order chi connectivity index (χ0) is 15.2. The Morgan fingerprint density at radius 1 is 1.05 bits per heavy atom. The molecule has 0 amide bonds. The van der Waals surface area contributed by atoms with E-state index in [1.165, 1.54) is 0 Å². The topological polar surface area (TPSA) is 98.7 Å². The van der Waals surface area contributed by atoms with Crippen molar-refractivity contribution in [3.63, 3.8) is 0 Å². The number of para-hydroxylation sites is 1. The molecular formula is C15H20N2O4. The normalized spacial score (nSPS) is 20.7. The van der Waals surface area contributed by atoms with Gasteiger partial charge in [-0.3, -0.25) is 4.79 Å². The van der Waals surface area contributed by atoms with Crippen molar-refractivity contribution in [3.8, 4) is 0 Å². The zero-order valence-corrected chi connectivity index (χ0v) is 11.7. The van der Waals surface area contributed by atoms with Gasteiger partial charge >= 0.3 is 11.9 Å². The van der Waals surface area contributed by atoms with Gasteiger partial charge in [0.2, 0.25) is 0 Å². The number of carboxylic acids is 2. The molecule has 114 valence electrons. The number of carboxylic acid groups (broad SMARTS) is 2. The quantitative estimate of drug-likeness (QED) is 0.653. The van der Waals surface area contributed by atoms with E-state index in [0.29, 0.717) is 6.42 Å². The summed E-state index contributed by atoms with van der Waals surface area (Å²) in [6.45, 7) is 1.72. The van der Waals surface area contributed by atoms with E-state index >= 15 is 0 Å². The molecule has 2 aliphatic heterocycles. The summed E-state index contributed by atoms with van der Waals surface area (Å²) in [5.41, 5.74) is 2.04. The molecule has 1 atom stereocenters. The molecule has 1 fully saturated rings. The van der Waals surface area contributed by atoms with Gasteiger partial charge in [0, 0.05) is 12.1 Å². The van der Waals surface area contributed by atoms with E-state index in [9.17, 15) is 9.59 Å². The summed E-state index contributed by atoms with van der Waals surface area (Å²) in [6.07, 6.45) is 2.16. The van der Waals surface area contributed by atoms with Gasteiger partial charge in [0.1, 0.15) is 6.04 Å². The van der Waals surface area contributed by atoms with Crippen LogP contribution in [0.5, 0.6) is 0 Å². The van der Waals surface area contributed by atoms with Crippen LogP contribution in [-0.2, 0) is 16.0 Å². The molecule has 4 N–H and O–H groups in total. The minimum absolute atomic E-state index is 0.0914. The maximum atomic E-state index is 10.6. The number of benzene rings is 1. The Balaban J connectivity index is 0.000000161. The molecule has 0 bridgehead atoms. The maximum absolute atomic E-state index is 10.6. The summed E-state index contributed by atoms with van der Waals surface area (Å²) in [4.78, 5) is 20.9. The highest BCUT2D eigenvalue weighted by atomic mass is 16.4. The van der Waals surface area contributed by atoms with Crippen LogP contribution in [0.15, 0.2) is 24.3 Å². The number of hydrogen-bond donors (Lipinski definition) is 4. The summed E-state index contributed by atoms with van der Waals surface area (Å²) >= 11 is 0. The van der Waals surface area contributed by atoms with Gasteiger partial charge in [0.05, 0.1) is 5.92 Å². The fourth-order valence-corrected chi connectivity index (χ4v) is 2.52. The predicted octanol–water partition coefficient (Wildman–Crippen LogP) is 1.18. The fourth-order valence-electron chi connectivity index (χ4n) is 2.52. The molecule has 0 spiro atoms. The van der Waals surface area contributed by atoms with Crippen LogP contribution in [-0.4, -0.2) is 41.3 Å². The number of hydrogen-bond acceptors (Lipinski definition) is 4. The Bertz CT molecular complexity index is 487. The third-order valence-corrected chi connectivity index (χ3v) is 3.76. The maximum Gasteiger partial charge on any atom is 0.326 e. The SMILES string of the molecule is O=C(O)C1CCNCC1.O=C(O)C1Cc2ccccc2N1. The molecule has 0 aliphatic carbocycles. The number of aliphatic carboxylic acids is 2. The van der Waals surface area contributed by atoms with Crippen molar-refractivity contribution in [2.75, 3.05) is 18.4 Å². The first-order valence-corrected chi connectivity index (χ1v) is 7.08. The molecule has 0 saturated carbocycles. The summed E-state index contributed by atoms with van der Waals surface area (Å²) < 4.78 is 0. The van der Waals surface area contributed by atoms with Crippen LogP contribution >= 0.6 is 0 Å². The zero-order valence-electron chi connectivity index (χ0n) is 11.7. The molecule has 6 heteroatoms. The Hall–Kier alpha value is -2.08. The third-order valence-electron chi connectivity index (χ3n) is 3.76. The van der Waals surface area contributed by atoms with Crippen LogP contribution in [0.1, 0.15) is 18.4 Å². The van der Waals surface area contributed by atoms with E-state index in [4.69, 9.17) is 10.2 Å². The van der Waals surface area contributed by atoms with Crippen molar-refractivity contribution in [2.45, 2.75) is 25.3 Å². The highest BCUT2D eigenvalue weighted by Gasteiger charge is 2.25. The van der Waals surface area contributed by atoms with Gasteiger partial charge in [-0.05, 0) is 37.6 Å². The van der Waals surface area contributed by atoms with Crippen molar-refractivity contribution in [1.29, 1.82) is 0 Å². The lowest BCUT2D eigenvalue weighted by Crippen LogP contribution is -2.31. The van der Waals surface area contributed by atoms with Crippen molar-refractivity contribution < 1.29 is 19.8 Å². The number of rotatable bonds is 2. The van der Waals surface area contributed by atoms with E-state index in [2.05, 4.69) is 10.6 Å². The number of nitrogens with one attached hydrogen (secondary N) is 2. The lowest BCUT2D eigenvalue weighted by molar-refractivity contribution is -0.142. The average molecular weight is 292 g/mol. The second-order valence-electron chi connectivity index (χ2n) is 5.26. The molecule has 2 heterocycles. The van der Waals surface area contributed by atoms with Gasteiger partial charge in [0.15, 0.2) is 0 Å². The lowest BCUT2D eigenvalue weighted by Gasteiger charge is -2.17. The first-order valence-electron chi connectivity index (χ1n) is 7.08. The fraction of sp³-hybridized carbons (Fsp3) is 0.467. The summed E-state index contributed by atoms with van der Waals surface area (Å²) in [6, 6.07) is 7.23. The Kier molecular flexibility index (Phi) is 5.16. The number of piperidine rings is 1. The summed E-state index contributed by atoms with van der Waals surface area (Å²) in [5, 5.41) is 23.3. The van der Waals surface area contributed by atoms with Crippen LogP contribution in [0.4, 0.5) is 5.69 Å². The van der Waals surface area contributed by atoms with E-state index in [-0.39, 0.29) is 5.92 Å². The van der Waals surface area contributed by atoms with Crippen molar-refractivity contribution in [2.24, 2.45) is 5.92 Å². The molecule has 1 saturated heterocycles. The summed E-state index contributed by atoms with van der Waals surface area (Å²) in [7, 11) is 0. The van der Waals surface area contributed by atoms with Crippen molar-refractivity contribution >= 4 is 17.6 Å². The highest BCUT2D eigenvalue weighted by Crippen LogP contribution is 2.24. The standard InChI is InChI=1S/C9H9NO2.C6H11NO2/c11-9(12)8-5-6-3-1-2-4-7(6)10-8;8-6(9)5-1-3-7-4-2-5/h1-4,8,10H,5H2,(H,11,12);5,7H,1-4H2,(H,8,9). The average Bonchev–Trinajstić information content (AvgIpc) is 2.93. The molecule has 1 aromatic rings.